The Morgan fingerprint density at radius 3 is 2.22 bits per heavy atom. The van der Waals surface area contributed by atoms with Crippen LogP contribution in [0.15, 0.2) is 60.4 Å². The number of methoxy groups -OCH3 is 1. The van der Waals surface area contributed by atoms with Crippen LogP contribution in [0.3, 0.4) is 0 Å². The molecule has 0 radical (unpaired) electrons. The van der Waals surface area contributed by atoms with Gasteiger partial charge in [-0.15, -0.1) is 0 Å². The van der Waals surface area contributed by atoms with Crippen LogP contribution in [0, 0.1) is 30.6 Å². The molecule has 0 unspecified atom stereocenters. The molecule has 0 aromatic heterocycles. The number of benzene rings is 3. The number of amides is 1. The van der Waals surface area contributed by atoms with Crippen LogP contribution in [0.1, 0.15) is 75.5 Å². The van der Waals surface area contributed by atoms with Gasteiger partial charge in [0, 0.05) is 105 Å². The van der Waals surface area contributed by atoms with Crippen molar-refractivity contribution in [3.8, 4) is 23.0 Å². The number of hydrogen-bond acceptors (Lipinski definition) is 15. The lowest BCUT2D eigenvalue weighted by molar-refractivity contribution is -0.160. The molecule has 67 heavy (non-hydrogen) atoms. The van der Waals surface area contributed by atoms with Gasteiger partial charge >= 0.3 is 11.8 Å². The molecule has 3 aromatic rings. The SMILES string of the molecule is CO[C@H]1/C=C/O[C@@]2(C)Oc3c(C)c(O)c4c(O)c(c(CCNCc5ccc(N6CCN(C)CC6)cc5)c(O)c4c3C2=O)NC(=O)/C(C)=C\C=C\[C@H](C)[C@H](O)[C@@H](C)[C@@H](O)[C@@H](C)[C@H](OC(C)=O)[C@@H]1C. The molecule has 16 nitrogen and oxygen atoms in total. The van der Waals surface area contributed by atoms with Gasteiger partial charge in [0.25, 0.3) is 11.7 Å². The molecule has 0 aliphatic carbocycles. The molecule has 1 amide bonds. The number of phenols is 3. The number of Topliss-reactive ketones (excluding diaryl/α,β-unsaturated/α-hetero) is 1. The number of phenolic OH excluding ortho intramolecular Hbond substituents is 3. The van der Waals surface area contributed by atoms with Crippen LogP contribution in [-0.4, -0.2) is 125 Å². The number of nitrogens with zero attached hydrogens (tertiary/aromatic N) is 2. The van der Waals surface area contributed by atoms with E-state index in [1.54, 1.807) is 46.8 Å². The summed E-state index contributed by atoms with van der Waals surface area (Å²) in [5, 5.41) is 64.7. The quantitative estimate of drug-likeness (QED) is 0.0611. The molecule has 16 heteroatoms. The first-order chi connectivity index (χ1) is 31.7. The van der Waals surface area contributed by atoms with Gasteiger partial charge in [-0.1, -0.05) is 58.1 Å². The van der Waals surface area contributed by atoms with E-state index in [0.717, 1.165) is 37.4 Å². The zero-order chi connectivity index (χ0) is 49.1. The molecule has 5 bridgehead atoms. The summed E-state index contributed by atoms with van der Waals surface area (Å²) >= 11 is 0. The summed E-state index contributed by atoms with van der Waals surface area (Å²) in [4.78, 5) is 45.5. The Morgan fingerprint density at radius 1 is 0.910 bits per heavy atom. The summed E-state index contributed by atoms with van der Waals surface area (Å²) in [5.74, 6) is -8.05. The smallest absolute Gasteiger partial charge is 0.312 e. The van der Waals surface area contributed by atoms with Gasteiger partial charge in [-0.05, 0) is 57.6 Å². The Balaban J connectivity index is 1.40. The number of anilines is 2. The predicted octanol–water partition coefficient (Wildman–Crippen LogP) is 5.84. The Kier molecular flexibility index (Phi) is 16.0. The van der Waals surface area contributed by atoms with Gasteiger partial charge in [0.05, 0.1) is 41.2 Å². The molecule has 3 aromatic carbocycles. The lowest BCUT2D eigenvalue weighted by Gasteiger charge is -2.38. The van der Waals surface area contributed by atoms with Crippen LogP contribution in [0.25, 0.3) is 10.8 Å². The molecule has 0 saturated carbocycles. The van der Waals surface area contributed by atoms with Gasteiger partial charge in [0.1, 0.15) is 23.4 Å². The van der Waals surface area contributed by atoms with Gasteiger partial charge in [-0.3, -0.25) is 14.4 Å². The van der Waals surface area contributed by atoms with Crippen molar-refractivity contribution in [1.29, 1.82) is 0 Å². The number of carbonyl (C=O) groups is 3. The maximum Gasteiger partial charge on any atom is 0.312 e. The lowest BCUT2D eigenvalue weighted by atomic mass is 9.78. The second-order valence-corrected chi connectivity index (χ2v) is 18.6. The van der Waals surface area contributed by atoms with Crippen LogP contribution in [0.2, 0.25) is 0 Å². The Labute approximate surface area is 392 Å². The third-order valence-corrected chi connectivity index (χ3v) is 13.8. The summed E-state index contributed by atoms with van der Waals surface area (Å²) in [7, 11) is 3.56. The number of aliphatic hydroxyl groups is 2. The third-order valence-electron chi connectivity index (χ3n) is 13.8. The molecule has 7 N–H and O–H groups in total. The van der Waals surface area contributed by atoms with Gasteiger partial charge in [0.2, 0.25) is 0 Å². The van der Waals surface area contributed by atoms with Crippen LogP contribution < -0.4 is 20.3 Å². The van der Waals surface area contributed by atoms with Crippen LogP contribution in [0.5, 0.6) is 23.0 Å². The average molecular weight is 929 g/mol. The molecule has 4 heterocycles. The van der Waals surface area contributed by atoms with Crippen molar-refractivity contribution in [2.75, 3.05) is 57.1 Å². The molecule has 0 spiro atoms. The van der Waals surface area contributed by atoms with Crippen LogP contribution >= 0.6 is 0 Å². The van der Waals surface area contributed by atoms with Crippen molar-refractivity contribution in [1.82, 2.24) is 10.2 Å². The normalized spacial score (nSPS) is 29.5. The number of piperazine rings is 1. The van der Waals surface area contributed by atoms with E-state index in [1.807, 2.05) is 0 Å². The molecule has 1 fully saturated rings. The lowest BCUT2D eigenvalue weighted by Crippen LogP contribution is -2.46. The van der Waals surface area contributed by atoms with Gasteiger partial charge < -0.3 is 64.9 Å². The maximum atomic E-state index is 14.6. The zero-order valence-corrected chi connectivity index (χ0v) is 40.3. The van der Waals surface area contributed by atoms with E-state index in [4.69, 9.17) is 18.9 Å². The summed E-state index contributed by atoms with van der Waals surface area (Å²) < 4.78 is 23.8. The van der Waals surface area contributed by atoms with Crippen LogP contribution in [0.4, 0.5) is 11.4 Å². The first-order valence-electron chi connectivity index (χ1n) is 23.0. The maximum absolute atomic E-state index is 14.6. The molecular weight excluding hydrogens is 861 g/mol. The highest BCUT2D eigenvalue weighted by Gasteiger charge is 2.50. The monoisotopic (exact) mass is 928 g/mol. The number of ether oxygens (including phenoxy) is 4. The van der Waals surface area contributed by atoms with Crippen molar-refractivity contribution in [2.24, 2.45) is 23.7 Å². The minimum absolute atomic E-state index is 0.0605. The molecule has 7 rings (SSSR count). The number of likely N-dealkylation sites (N-methyl/N-ethyl adjacent to an activating group) is 1. The van der Waals surface area contributed by atoms with Crippen molar-refractivity contribution in [3.05, 3.63) is 82.7 Å². The van der Waals surface area contributed by atoms with E-state index in [2.05, 4.69) is 51.7 Å². The summed E-state index contributed by atoms with van der Waals surface area (Å²) in [6, 6.07) is 8.30. The number of ketones is 1. The van der Waals surface area contributed by atoms with E-state index in [-0.39, 0.29) is 57.4 Å². The van der Waals surface area contributed by atoms with E-state index >= 15 is 0 Å². The average Bonchev–Trinajstić information content (AvgIpc) is 3.57. The van der Waals surface area contributed by atoms with Crippen LogP contribution in [-0.2, 0) is 36.8 Å². The number of aliphatic hydroxyl groups excluding tert-OH is 2. The number of allylic oxidation sites excluding steroid dienone is 2. The Morgan fingerprint density at radius 2 is 1.58 bits per heavy atom. The standard InChI is InChI=1S/C51H68N4O12/c1-27-12-11-13-28(2)50(63)53-41-36(18-20-52-26-34-14-16-35(17-15-34)55-23-21-54(9)22-24-55)45(60)38-39(46(41)61)44(59)32(6)48-40(38)49(62)51(8,67-48)65-25-19-37(64-10)29(3)47(66-33(7)56)31(5)43(58)30(4)42(27)57/h11-17,19,25,27,29-31,37,42-43,47,52,57-61H,18,20-24,26H2,1-10H3,(H,53,63)/b12-11+,25-19+,28-13-/t27-,29+,30+,31+,37-,42-,43+,47+,51-/m0/s1. The van der Waals surface area contributed by atoms with E-state index in [0.29, 0.717) is 6.54 Å². The zero-order valence-electron chi connectivity index (χ0n) is 40.3. The number of nitrogens with one attached hydrogen (secondary N) is 2. The molecule has 1 saturated heterocycles. The molecule has 364 valence electrons. The summed E-state index contributed by atoms with van der Waals surface area (Å²) in [6.45, 7) is 17.3. The minimum atomic E-state index is -2.04. The third kappa shape index (κ3) is 10.6. The van der Waals surface area contributed by atoms with E-state index < -0.39 is 88.8 Å². The van der Waals surface area contributed by atoms with E-state index in [1.165, 1.54) is 46.3 Å². The fourth-order valence-corrected chi connectivity index (χ4v) is 9.37. The number of esters is 1. The summed E-state index contributed by atoms with van der Waals surface area (Å²) in [5.41, 5.74) is 2.24. The first-order valence-corrected chi connectivity index (χ1v) is 23.0. The fourth-order valence-electron chi connectivity index (χ4n) is 9.37. The second kappa shape index (κ2) is 21.1. The molecule has 9 atom stereocenters. The number of rotatable bonds is 8. The highest BCUT2D eigenvalue weighted by atomic mass is 16.7. The van der Waals surface area contributed by atoms with Gasteiger partial charge in [-0.2, -0.15) is 0 Å². The van der Waals surface area contributed by atoms with Crippen molar-refractivity contribution in [3.63, 3.8) is 0 Å². The molecular formula is C51H68N4O12. The number of carbonyl (C=O) groups excluding carboxylic acids is 3. The largest absolute Gasteiger partial charge is 0.507 e. The highest BCUT2D eigenvalue weighted by molar-refractivity contribution is 6.22. The van der Waals surface area contributed by atoms with Crippen molar-refractivity contribution in [2.45, 2.75) is 98.6 Å². The molecule has 4 aliphatic rings. The number of hydrogen-bond donors (Lipinski definition) is 7. The minimum Gasteiger partial charge on any atom is -0.507 e. The Bertz CT molecular complexity index is 2410. The van der Waals surface area contributed by atoms with Gasteiger partial charge in [0.15, 0.2) is 5.75 Å². The van der Waals surface area contributed by atoms with Crippen molar-refractivity contribution < 1.29 is 58.9 Å². The highest BCUT2D eigenvalue weighted by Crippen LogP contribution is 2.55. The predicted molar refractivity (Wildman–Crippen MR) is 255 cm³/mol. The first kappa shape index (κ1) is 50.8. The number of aromatic hydroxyl groups is 3. The Hall–Kier alpha value is -5.65. The second-order valence-electron chi connectivity index (χ2n) is 18.6. The summed E-state index contributed by atoms with van der Waals surface area (Å²) in [6.07, 6.45) is 3.73. The van der Waals surface area contributed by atoms with Gasteiger partial charge in [-0.25, -0.2) is 0 Å². The van der Waals surface area contributed by atoms with Crippen molar-refractivity contribution >= 4 is 39.8 Å². The fraction of sp³-hybridized carbons (Fsp3) is 0.510. The topological polar surface area (TPSA) is 220 Å². The van der Waals surface area contributed by atoms with E-state index in [9.17, 15) is 39.9 Å². The molecule has 4 aliphatic heterocycles. The number of fused-ring (bicyclic) bond motifs is 14.